The topological polar surface area (TPSA) is 81.1 Å². The molecule has 1 amide bonds. The van der Waals surface area contributed by atoms with Crippen molar-refractivity contribution in [2.24, 2.45) is 0 Å². The number of carbonyl (C=O) groups is 1. The highest BCUT2D eigenvalue weighted by Crippen LogP contribution is 2.30. The molecule has 132 valence electrons. The molecule has 1 aromatic heterocycles. The number of nitrogens with zero attached hydrogens (tertiary/aromatic N) is 2. The molecule has 0 radical (unpaired) electrons. The van der Waals surface area contributed by atoms with Gasteiger partial charge >= 0.3 is 0 Å². The number of aromatic nitrogens is 2. The van der Waals surface area contributed by atoms with E-state index in [1.807, 2.05) is 31.2 Å². The summed E-state index contributed by atoms with van der Waals surface area (Å²) >= 11 is 0. The molecule has 1 saturated heterocycles. The maximum absolute atomic E-state index is 12.2. The number of rotatable bonds is 5. The Labute approximate surface area is 147 Å². The molecule has 2 heterocycles. The highest BCUT2D eigenvalue weighted by molar-refractivity contribution is 7.91. The van der Waals surface area contributed by atoms with Crippen LogP contribution in [0, 0.1) is 6.92 Å². The molecule has 1 aliphatic heterocycles. The fourth-order valence-electron chi connectivity index (χ4n) is 2.95. The van der Waals surface area contributed by atoms with Gasteiger partial charge in [-0.3, -0.25) is 9.48 Å². The third kappa shape index (κ3) is 3.82. The normalized spacial score (nSPS) is 18.8. The third-order valence-electron chi connectivity index (χ3n) is 4.28. The Hall–Kier alpha value is -2.41. The maximum atomic E-state index is 12.2. The van der Waals surface area contributed by atoms with Crippen molar-refractivity contribution in [3.8, 4) is 11.3 Å². The summed E-state index contributed by atoms with van der Waals surface area (Å²) in [6.07, 6.45) is 2.11. The molecule has 1 aliphatic rings. The Kier molecular flexibility index (Phi) is 4.76. The molecule has 3 rings (SSSR count). The van der Waals surface area contributed by atoms with E-state index in [4.69, 9.17) is 0 Å². The van der Waals surface area contributed by atoms with Gasteiger partial charge in [0.1, 0.15) is 0 Å². The predicted molar refractivity (Wildman–Crippen MR) is 97.2 cm³/mol. The van der Waals surface area contributed by atoms with E-state index in [0.29, 0.717) is 13.0 Å². The van der Waals surface area contributed by atoms with Gasteiger partial charge in [0.15, 0.2) is 15.5 Å². The Balaban J connectivity index is 2.01. The second-order valence-corrected chi connectivity index (χ2v) is 8.51. The number of hydrogen-bond acceptors (Lipinski definition) is 4. The van der Waals surface area contributed by atoms with E-state index in [-0.39, 0.29) is 29.1 Å². The van der Waals surface area contributed by atoms with Crippen molar-refractivity contribution in [2.75, 3.05) is 18.1 Å². The van der Waals surface area contributed by atoms with Crippen LogP contribution in [-0.2, 0) is 9.84 Å². The first-order valence-corrected chi connectivity index (χ1v) is 9.98. The van der Waals surface area contributed by atoms with Crippen LogP contribution in [0.3, 0.4) is 0 Å². The molecule has 0 spiro atoms. The van der Waals surface area contributed by atoms with Crippen LogP contribution < -0.4 is 5.32 Å². The standard InChI is InChI=1S/C18H21N3O3S/c1-3-9-19-18(22)16-11-17(14-6-4-13(2)5-7-14)21(20-16)15-8-10-25(23,24)12-15/h3-7,11,15H,1,8-10,12H2,2H3,(H,19,22). The summed E-state index contributed by atoms with van der Waals surface area (Å²) in [7, 11) is -3.05. The monoisotopic (exact) mass is 359 g/mol. The smallest absolute Gasteiger partial charge is 0.272 e. The van der Waals surface area contributed by atoms with Crippen LogP contribution in [0.15, 0.2) is 43.0 Å². The summed E-state index contributed by atoms with van der Waals surface area (Å²) in [5.74, 6) is -0.0859. The van der Waals surface area contributed by atoms with Gasteiger partial charge in [-0.2, -0.15) is 5.10 Å². The number of nitrogens with one attached hydrogen (secondary N) is 1. The number of amides is 1. The van der Waals surface area contributed by atoms with Crippen molar-refractivity contribution < 1.29 is 13.2 Å². The third-order valence-corrected chi connectivity index (χ3v) is 6.03. The van der Waals surface area contributed by atoms with E-state index in [1.54, 1.807) is 16.8 Å². The van der Waals surface area contributed by atoms with E-state index in [0.717, 1.165) is 16.8 Å². The summed E-state index contributed by atoms with van der Waals surface area (Å²) in [6, 6.07) is 9.34. The summed E-state index contributed by atoms with van der Waals surface area (Å²) in [5, 5.41) is 7.12. The summed E-state index contributed by atoms with van der Waals surface area (Å²) in [4.78, 5) is 12.2. The second-order valence-electron chi connectivity index (χ2n) is 6.28. The summed E-state index contributed by atoms with van der Waals surface area (Å²) in [5.41, 5.74) is 3.07. The first kappa shape index (κ1) is 17.4. The molecular weight excluding hydrogens is 338 g/mol. The van der Waals surface area contributed by atoms with Gasteiger partial charge in [-0.15, -0.1) is 6.58 Å². The van der Waals surface area contributed by atoms with E-state index in [9.17, 15) is 13.2 Å². The van der Waals surface area contributed by atoms with Crippen LogP contribution >= 0.6 is 0 Å². The Morgan fingerprint density at radius 2 is 2.12 bits per heavy atom. The molecule has 7 heteroatoms. The van der Waals surface area contributed by atoms with Crippen LogP contribution in [0.5, 0.6) is 0 Å². The van der Waals surface area contributed by atoms with Gasteiger partial charge in [-0.05, 0) is 25.0 Å². The van der Waals surface area contributed by atoms with E-state index < -0.39 is 9.84 Å². The van der Waals surface area contributed by atoms with Gasteiger partial charge in [-0.1, -0.05) is 35.9 Å². The summed E-state index contributed by atoms with van der Waals surface area (Å²) in [6.45, 7) is 5.93. The van der Waals surface area contributed by atoms with Gasteiger partial charge in [0.25, 0.3) is 5.91 Å². The van der Waals surface area contributed by atoms with Crippen LogP contribution in [0.2, 0.25) is 0 Å². The Morgan fingerprint density at radius 1 is 1.40 bits per heavy atom. The van der Waals surface area contributed by atoms with Crippen molar-refractivity contribution in [1.29, 1.82) is 0 Å². The van der Waals surface area contributed by atoms with Gasteiger partial charge in [0.2, 0.25) is 0 Å². The van der Waals surface area contributed by atoms with Crippen molar-refractivity contribution >= 4 is 15.7 Å². The zero-order chi connectivity index (χ0) is 18.0. The van der Waals surface area contributed by atoms with E-state index in [2.05, 4.69) is 17.0 Å². The minimum atomic E-state index is -3.05. The average Bonchev–Trinajstić information content (AvgIpc) is 3.16. The van der Waals surface area contributed by atoms with Gasteiger partial charge in [0, 0.05) is 6.54 Å². The number of benzene rings is 1. The SMILES string of the molecule is C=CCNC(=O)c1cc(-c2ccc(C)cc2)n(C2CCS(=O)(=O)C2)n1. The lowest BCUT2D eigenvalue weighted by molar-refractivity contribution is 0.0952. The molecule has 6 nitrogen and oxygen atoms in total. The number of carbonyl (C=O) groups excluding carboxylic acids is 1. The van der Waals surface area contributed by atoms with Crippen LogP contribution in [0.4, 0.5) is 0 Å². The first-order chi connectivity index (χ1) is 11.9. The quantitative estimate of drug-likeness (QED) is 0.829. The van der Waals surface area contributed by atoms with Gasteiger partial charge < -0.3 is 5.32 Å². The average molecular weight is 359 g/mol. The molecule has 2 aromatic rings. The van der Waals surface area contributed by atoms with Gasteiger partial charge in [-0.25, -0.2) is 8.42 Å². The fourth-order valence-corrected chi connectivity index (χ4v) is 4.64. The Morgan fingerprint density at radius 3 is 2.72 bits per heavy atom. The highest BCUT2D eigenvalue weighted by Gasteiger charge is 2.32. The zero-order valence-electron chi connectivity index (χ0n) is 14.1. The van der Waals surface area contributed by atoms with E-state index >= 15 is 0 Å². The molecule has 25 heavy (non-hydrogen) atoms. The number of hydrogen-bond donors (Lipinski definition) is 1. The first-order valence-electron chi connectivity index (χ1n) is 8.16. The molecule has 1 aromatic carbocycles. The van der Waals surface area contributed by atoms with Crippen molar-refractivity contribution in [2.45, 2.75) is 19.4 Å². The van der Waals surface area contributed by atoms with Crippen molar-refractivity contribution in [3.63, 3.8) is 0 Å². The predicted octanol–water partition coefficient (Wildman–Crippen LogP) is 2.13. The molecule has 1 unspecified atom stereocenters. The second kappa shape index (κ2) is 6.84. The summed E-state index contributed by atoms with van der Waals surface area (Å²) < 4.78 is 25.4. The van der Waals surface area contributed by atoms with Crippen LogP contribution in [-0.4, -0.2) is 42.2 Å². The molecule has 0 saturated carbocycles. The zero-order valence-corrected chi connectivity index (χ0v) is 14.9. The lowest BCUT2D eigenvalue weighted by Crippen LogP contribution is -2.24. The lowest BCUT2D eigenvalue weighted by atomic mass is 10.1. The van der Waals surface area contributed by atoms with Gasteiger partial charge in [0.05, 0.1) is 23.2 Å². The van der Waals surface area contributed by atoms with Crippen molar-refractivity contribution in [3.05, 3.63) is 54.2 Å². The Bertz CT molecular complexity index is 898. The molecule has 1 fully saturated rings. The van der Waals surface area contributed by atoms with Crippen LogP contribution in [0.25, 0.3) is 11.3 Å². The van der Waals surface area contributed by atoms with E-state index in [1.165, 1.54) is 0 Å². The minimum absolute atomic E-state index is 0.0568. The van der Waals surface area contributed by atoms with Crippen LogP contribution in [0.1, 0.15) is 28.5 Å². The largest absolute Gasteiger partial charge is 0.347 e. The minimum Gasteiger partial charge on any atom is -0.347 e. The molecule has 1 atom stereocenters. The number of aryl methyl sites for hydroxylation is 1. The molecular formula is C18H21N3O3S. The lowest BCUT2D eigenvalue weighted by Gasteiger charge is -2.13. The number of sulfone groups is 1. The molecule has 1 N–H and O–H groups in total. The molecule has 0 bridgehead atoms. The highest BCUT2D eigenvalue weighted by atomic mass is 32.2. The molecule has 0 aliphatic carbocycles. The fraction of sp³-hybridized carbons (Fsp3) is 0.333. The van der Waals surface area contributed by atoms with Crippen molar-refractivity contribution in [1.82, 2.24) is 15.1 Å². The maximum Gasteiger partial charge on any atom is 0.272 e.